The largest absolute Gasteiger partial charge is 0.395 e. The third kappa shape index (κ3) is 3.08. The van der Waals surface area contributed by atoms with Crippen LogP contribution in [0.1, 0.15) is 0 Å². The quantitative estimate of drug-likeness (QED) is 0.386. The minimum absolute atomic E-state index is 0.0515. The topological polar surface area (TPSA) is 118 Å². The molecule has 0 radical (unpaired) electrons. The molecule has 1 heterocycles. The number of nitro benzene ring substituents is 1. The van der Waals surface area contributed by atoms with E-state index in [4.69, 9.17) is 4.63 Å². The molecule has 4 rings (SSSR count). The van der Waals surface area contributed by atoms with Gasteiger partial charge in [-0.05, 0) is 39.3 Å². The Morgan fingerprint density at radius 1 is 1.14 bits per heavy atom. The molecule has 9 heteroatoms. The lowest BCUT2D eigenvalue weighted by Gasteiger charge is -2.19. The van der Waals surface area contributed by atoms with E-state index in [1.165, 1.54) is 0 Å². The van der Waals surface area contributed by atoms with Gasteiger partial charge in [0.15, 0.2) is 5.52 Å². The number of fused-ring (bicyclic) bond motifs is 2. The van der Waals surface area contributed by atoms with Crippen molar-refractivity contribution in [2.45, 2.75) is 0 Å². The molecular weight excluding hydrogens is 362 g/mol. The van der Waals surface area contributed by atoms with Gasteiger partial charge in [0.2, 0.25) is 5.52 Å². The minimum atomic E-state index is -0.518. The van der Waals surface area contributed by atoms with Crippen LogP contribution in [0.25, 0.3) is 21.8 Å². The zero-order valence-corrected chi connectivity index (χ0v) is 15.0. The molecule has 0 bridgehead atoms. The standard InChI is InChI=1S/C19H17N5O4/c1-23(8-9-25)16-11-15(17-18(22-28-21-17)19(16)24(26)27)20-14-7-6-12-4-2-3-5-13(12)10-14/h2-7,10-11,20,25H,8-9H2,1H3. The van der Waals surface area contributed by atoms with Crippen LogP contribution in [0.5, 0.6) is 0 Å². The van der Waals surface area contributed by atoms with E-state index in [1.54, 1.807) is 18.0 Å². The molecule has 0 saturated carbocycles. The van der Waals surface area contributed by atoms with Gasteiger partial charge in [-0.15, -0.1) is 0 Å². The summed E-state index contributed by atoms with van der Waals surface area (Å²) in [5.41, 5.74) is 1.74. The number of aliphatic hydroxyl groups is 1. The highest BCUT2D eigenvalue weighted by Crippen LogP contribution is 2.39. The summed E-state index contributed by atoms with van der Waals surface area (Å²) in [6, 6.07) is 15.5. The van der Waals surface area contributed by atoms with Crippen molar-refractivity contribution in [2.75, 3.05) is 30.4 Å². The molecule has 9 nitrogen and oxygen atoms in total. The fourth-order valence-corrected chi connectivity index (χ4v) is 3.17. The average molecular weight is 379 g/mol. The number of hydrogen-bond donors (Lipinski definition) is 2. The van der Waals surface area contributed by atoms with Crippen molar-refractivity contribution in [3.63, 3.8) is 0 Å². The first-order chi connectivity index (χ1) is 13.6. The Morgan fingerprint density at radius 2 is 1.89 bits per heavy atom. The summed E-state index contributed by atoms with van der Waals surface area (Å²) in [7, 11) is 1.66. The maximum atomic E-state index is 11.6. The van der Waals surface area contributed by atoms with Crippen LogP contribution in [-0.2, 0) is 0 Å². The number of benzene rings is 3. The Bertz CT molecular complexity index is 1170. The number of aromatic nitrogens is 2. The van der Waals surface area contributed by atoms with Crippen molar-refractivity contribution >= 4 is 44.6 Å². The van der Waals surface area contributed by atoms with E-state index in [9.17, 15) is 15.2 Å². The third-order valence-electron chi connectivity index (χ3n) is 4.55. The van der Waals surface area contributed by atoms with E-state index in [0.29, 0.717) is 11.4 Å². The Hall–Kier alpha value is -3.72. The van der Waals surface area contributed by atoms with Crippen LogP contribution in [0.15, 0.2) is 53.2 Å². The molecule has 4 aromatic rings. The third-order valence-corrected chi connectivity index (χ3v) is 4.55. The van der Waals surface area contributed by atoms with E-state index in [0.717, 1.165) is 16.5 Å². The number of rotatable bonds is 6. The first-order valence-corrected chi connectivity index (χ1v) is 8.60. The van der Waals surface area contributed by atoms with Crippen molar-refractivity contribution in [2.24, 2.45) is 0 Å². The molecule has 0 fully saturated rings. The lowest BCUT2D eigenvalue weighted by atomic mass is 10.1. The summed E-state index contributed by atoms with van der Waals surface area (Å²) in [5.74, 6) is 0. The van der Waals surface area contributed by atoms with Crippen LogP contribution >= 0.6 is 0 Å². The zero-order valence-electron chi connectivity index (χ0n) is 15.0. The summed E-state index contributed by atoms with van der Waals surface area (Å²) in [6.45, 7) is 0.0865. The maximum absolute atomic E-state index is 11.6. The molecule has 0 saturated heterocycles. The molecule has 0 aliphatic carbocycles. The van der Waals surface area contributed by atoms with Gasteiger partial charge in [-0.2, -0.15) is 0 Å². The number of anilines is 3. The molecule has 28 heavy (non-hydrogen) atoms. The van der Waals surface area contributed by atoms with Gasteiger partial charge < -0.3 is 15.3 Å². The number of nitrogens with one attached hydrogen (secondary N) is 1. The minimum Gasteiger partial charge on any atom is -0.395 e. The molecule has 0 amide bonds. The molecule has 0 aliphatic rings. The first kappa shape index (κ1) is 17.7. The normalized spacial score (nSPS) is 11.1. The van der Waals surface area contributed by atoms with Gasteiger partial charge in [0.25, 0.3) is 0 Å². The van der Waals surface area contributed by atoms with Crippen molar-refractivity contribution in [3.8, 4) is 0 Å². The lowest BCUT2D eigenvalue weighted by molar-refractivity contribution is -0.382. The highest BCUT2D eigenvalue weighted by molar-refractivity contribution is 6.01. The fraction of sp³-hybridized carbons (Fsp3) is 0.158. The second kappa shape index (κ2) is 7.12. The molecule has 0 spiro atoms. The van der Waals surface area contributed by atoms with Crippen molar-refractivity contribution < 1.29 is 14.7 Å². The van der Waals surface area contributed by atoms with Crippen LogP contribution in [0, 0.1) is 10.1 Å². The van der Waals surface area contributed by atoms with Gasteiger partial charge in [0, 0.05) is 19.3 Å². The second-order valence-electron chi connectivity index (χ2n) is 6.34. The first-order valence-electron chi connectivity index (χ1n) is 8.60. The van der Waals surface area contributed by atoms with Gasteiger partial charge >= 0.3 is 5.69 Å². The van der Waals surface area contributed by atoms with E-state index in [2.05, 4.69) is 15.6 Å². The molecule has 142 valence electrons. The van der Waals surface area contributed by atoms with Gasteiger partial charge in [-0.1, -0.05) is 30.3 Å². The fourth-order valence-electron chi connectivity index (χ4n) is 3.17. The van der Waals surface area contributed by atoms with Crippen LogP contribution in [0.2, 0.25) is 0 Å². The van der Waals surface area contributed by atoms with Gasteiger partial charge in [-0.3, -0.25) is 10.1 Å². The Kier molecular flexibility index (Phi) is 4.50. The SMILES string of the molecule is CN(CCO)c1cc(Nc2ccc3ccccc3c2)c2nonc2c1[N+](=O)[O-]. The molecule has 0 unspecified atom stereocenters. The molecule has 0 aliphatic heterocycles. The predicted octanol–water partition coefficient (Wildman–Crippen LogP) is 3.46. The van der Waals surface area contributed by atoms with E-state index < -0.39 is 4.92 Å². The predicted molar refractivity (Wildman–Crippen MR) is 106 cm³/mol. The van der Waals surface area contributed by atoms with Crippen molar-refractivity contribution in [3.05, 3.63) is 58.6 Å². The zero-order chi connectivity index (χ0) is 19.7. The van der Waals surface area contributed by atoms with E-state index in [-0.39, 0.29) is 29.9 Å². The smallest absolute Gasteiger partial charge is 0.323 e. The summed E-state index contributed by atoms with van der Waals surface area (Å²) in [6.07, 6.45) is 0. The summed E-state index contributed by atoms with van der Waals surface area (Å²) in [5, 5.41) is 33.9. The Morgan fingerprint density at radius 3 is 2.64 bits per heavy atom. The molecule has 3 aromatic carbocycles. The number of nitrogens with zero attached hydrogens (tertiary/aromatic N) is 4. The second-order valence-corrected chi connectivity index (χ2v) is 6.34. The van der Waals surface area contributed by atoms with Crippen LogP contribution in [0.4, 0.5) is 22.7 Å². The summed E-state index contributed by atoms with van der Waals surface area (Å²) < 4.78 is 4.79. The van der Waals surface area contributed by atoms with Crippen molar-refractivity contribution in [1.29, 1.82) is 0 Å². The molecular formula is C19H17N5O4. The highest BCUT2D eigenvalue weighted by Gasteiger charge is 2.27. The maximum Gasteiger partial charge on any atom is 0.323 e. The summed E-state index contributed by atoms with van der Waals surface area (Å²) in [4.78, 5) is 12.7. The number of likely N-dealkylation sites (N-methyl/N-ethyl adjacent to an activating group) is 1. The van der Waals surface area contributed by atoms with Gasteiger partial charge in [-0.25, -0.2) is 4.63 Å². The molecule has 1 aromatic heterocycles. The van der Waals surface area contributed by atoms with Crippen molar-refractivity contribution in [1.82, 2.24) is 10.3 Å². The van der Waals surface area contributed by atoms with Crippen LogP contribution in [-0.4, -0.2) is 40.5 Å². The Labute approximate surface area is 159 Å². The monoisotopic (exact) mass is 379 g/mol. The molecule has 0 atom stereocenters. The highest BCUT2D eigenvalue weighted by atomic mass is 16.6. The van der Waals surface area contributed by atoms with E-state index in [1.807, 2.05) is 42.5 Å². The van der Waals surface area contributed by atoms with E-state index >= 15 is 0 Å². The Balaban J connectivity index is 1.84. The number of nitro groups is 1. The van der Waals surface area contributed by atoms with Gasteiger partial charge in [0.1, 0.15) is 5.69 Å². The van der Waals surface area contributed by atoms with Crippen LogP contribution < -0.4 is 10.2 Å². The lowest BCUT2D eigenvalue weighted by Crippen LogP contribution is -2.22. The van der Waals surface area contributed by atoms with Crippen LogP contribution in [0.3, 0.4) is 0 Å². The summed E-state index contributed by atoms with van der Waals surface area (Å²) >= 11 is 0. The number of hydrogen-bond acceptors (Lipinski definition) is 8. The number of aliphatic hydroxyl groups excluding tert-OH is 1. The van der Waals surface area contributed by atoms with Gasteiger partial charge in [0.05, 0.1) is 17.2 Å². The molecule has 2 N–H and O–H groups in total. The average Bonchev–Trinajstić information content (AvgIpc) is 3.17.